The van der Waals surface area contributed by atoms with Crippen LogP contribution in [0.4, 0.5) is 4.39 Å². The predicted molar refractivity (Wildman–Crippen MR) is 87.2 cm³/mol. The van der Waals surface area contributed by atoms with Gasteiger partial charge in [0.2, 0.25) is 0 Å². The van der Waals surface area contributed by atoms with Crippen molar-refractivity contribution in [2.75, 3.05) is 39.8 Å². The molecule has 1 saturated heterocycles. The second kappa shape index (κ2) is 9.46. The van der Waals surface area contributed by atoms with E-state index in [9.17, 15) is 4.39 Å². The molecule has 1 fully saturated rings. The molecule has 1 aliphatic rings. The fourth-order valence-electron chi connectivity index (χ4n) is 2.58. The van der Waals surface area contributed by atoms with E-state index < -0.39 is 0 Å². The highest BCUT2D eigenvalue weighted by Gasteiger charge is 2.18. The van der Waals surface area contributed by atoms with E-state index in [0.717, 1.165) is 32.1 Å². The van der Waals surface area contributed by atoms with E-state index in [2.05, 4.69) is 10.2 Å². The summed E-state index contributed by atoms with van der Waals surface area (Å²) in [6, 6.07) is 4.22. The molecule has 0 unspecified atom stereocenters. The molecule has 0 aromatic heterocycles. The molecule has 1 heterocycles. The van der Waals surface area contributed by atoms with Gasteiger partial charge in [-0.3, -0.25) is 4.90 Å². The smallest absolute Gasteiger partial charge is 0.138 e. The van der Waals surface area contributed by atoms with Crippen LogP contribution < -0.4 is 10.1 Å². The van der Waals surface area contributed by atoms with Gasteiger partial charge < -0.3 is 10.1 Å². The standard InChI is InChI=1S/C15H22ClFN2O.ClH/c1-18-11-12-4-6-19(7-5-12)8-9-20-15-3-2-13(17)10-14(15)16;/h2-3,10,12,18H,4-9,11H2,1H3;1H. The molecule has 3 nitrogen and oxygen atoms in total. The van der Waals surface area contributed by atoms with Crippen molar-refractivity contribution in [3.8, 4) is 5.75 Å². The Morgan fingerprint density at radius 1 is 1.38 bits per heavy atom. The Hall–Kier alpha value is -0.550. The molecule has 0 spiro atoms. The van der Waals surface area contributed by atoms with Crippen LogP contribution in [0.2, 0.25) is 5.02 Å². The zero-order valence-corrected chi connectivity index (χ0v) is 13.9. The number of nitrogens with one attached hydrogen (secondary N) is 1. The van der Waals surface area contributed by atoms with Gasteiger partial charge in [-0.05, 0) is 63.6 Å². The van der Waals surface area contributed by atoms with E-state index >= 15 is 0 Å². The van der Waals surface area contributed by atoms with Crippen molar-refractivity contribution in [1.29, 1.82) is 0 Å². The Labute approximate surface area is 137 Å². The van der Waals surface area contributed by atoms with E-state index in [1.165, 1.54) is 25.0 Å². The number of halogens is 3. The van der Waals surface area contributed by atoms with Crippen molar-refractivity contribution < 1.29 is 9.13 Å². The van der Waals surface area contributed by atoms with Gasteiger partial charge in [0.05, 0.1) is 5.02 Å². The lowest BCUT2D eigenvalue weighted by Crippen LogP contribution is -2.38. The van der Waals surface area contributed by atoms with E-state index in [0.29, 0.717) is 17.4 Å². The monoisotopic (exact) mass is 336 g/mol. The van der Waals surface area contributed by atoms with E-state index in [-0.39, 0.29) is 18.2 Å². The third-order valence-electron chi connectivity index (χ3n) is 3.76. The molecular weight excluding hydrogens is 314 g/mol. The van der Waals surface area contributed by atoms with Gasteiger partial charge in [-0.15, -0.1) is 12.4 Å². The molecule has 120 valence electrons. The predicted octanol–water partition coefficient (Wildman–Crippen LogP) is 3.21. The van der Waals surface area contributed by atoms with Crippen molar-refractivity contribution in [2.24, 2.45) is 5.92 Å². The van der Waals surface area contributed by atoms with Gasteiger partial charge >= 0.3 is 0 Å². The average Bonchev–Trinajstić information content (AvgIpc) is 2.43. The van der Waals surface area contributed by atoms with Crippen LogP contribution in [0.5, 0.6) is 5.75 Å². The summed E-state index contributed by atoms with van der Waals surface area (Å²) in [6.45, 7) is 4.82. The van der Waals surface area contributed by atoms with Crippen LogP contribution in [0.25, 0.3) is 0 Å². The molecule has 0 amide bonds. The van der Waals surface area contributed by atoms with Crippen molar-refractivity contribution in [2.45, 2.75) is 12.8 Å². The molecule has 1 aromatic carbocycles. The zero-order chi connectivity index (χ0) is 14.4. The first-order chi connectivity index (χ1) is 9.69. The van der Waals surface area contributed by atoms with Gasteiger partial charge in [0.15, 0.2) is 0 Å². The summed E-state index contributed by atoms with van der Waals surface area (Å²) in [5.74, 6) is 1.01. The van der Waals surface area contributed by atoms with E-state index in [1.807, 2.05) is 7.05 Å². The second-order valence-electron chi connectivity index (χ2n) is 5.27. The van der Waals surface area contributed by atoms with Crippen LogP contribution >= 0.6 is 24.0 Å². The molecule has 0 bridgehead atoms. The molecule has 1 aliphatic heterocycles. The number of piperidine rings is 1. The molecule has 2 rings (SSSR count). The average molecular weight is 337 g/mol. The lowest BCUT2D eigenvalue weighted by Gasteiger charge is -2.31. The molecule has 6 heteroatoms. The number of rotatable bonds is 6. The lowest BCUT2D eigenvalue weighted by molar-refractivity contribution is 0.155. The number of ether oxygens (including phenoxy) is 1. The number of nitrogens with zero attached hydrogens (tertiary/aromatic N) is 1. The van der Waals surface area contributed by atoms with E-state index in [1.54, 1.807) is 6.07 Å². The van der Waals surface area contributed by atoms with E-state index in [4.69, 9.17) is 16.3 Å². The minimum atomic E-state index is -0.339. The third-order valence-corrected chi connectivity index (χ3v) is 4.05. The van der Waals surface area contributed by atoms with Gasteiger partial charge in [-0.1, -0.05) is 11.6 Å². The topological polar surface area (TPSA) is 24.5 Å². The fourth-order valence-corrected chi connectivity index (χ4v) is 2.80. The van der Waals surface area contributed by atoms with Gasteiger partial charge in [0, 0.05) is 6.54 Å². The first-order valence-electron chi connectivity index (χ1n) is 7.14. The van der Waals surface area contributed by atoms with Crippen molar-refractivity contribution in [3.05, 3.63) is 29.0 Å². The molecule has 0 aliphatic carbocycles. The normalized spacial score (nSPS) is 16.5. The highest BCUT2D eigenvalue weighted by Crippen LogP contribution is 2.25. The van der Waals surface area contributed by atoms with Crippen LogP contribution in [-0.2, 0) is 0 Å². The largest absolute Gasteiger partial charge is 0.491 e. The molecule has 0 radical (unpaired) electrons. The van der Waals surface area contributed by atoms with Crippen molar-refractivity contribution in [3.63, 3.8) is 0 Å². The van der Waals surface area contributed by atoms with Crippen LogP contribution in [0.15, 0.2) is 18.2 Å². The first-order valence-corrected chi connectivity index (χ1v) is 7.51. The SMILES string of the molecule is CNCC1CCN(CCOc2ccc(F)cc2Cl)CC1.Cl. The minimum absolute atomic E-state index is 0. The minimum Gasteiger partial charge on any atom is -0.491 e. The summed E-state index contributed by atoms with van der Waals surface area (Å²) in [7, 11) is 2.01. The molecule has 1 aromatic rings. The molecular formula is C15H23Cl2FN2O. The Bertz CT molecular complexity index is 426. The molecule has 0 saturated carbocycles. The molecule has 0 atom stereocenters. The molecule has 1 N–H and O–H groups in total. The Morgan fingerprint density at radius 2 is 2.10 bits per heavy atom. The third kappa shape index (κ3) is 5.99. The summed E-state index contributed by atoms with van der Waals surface area (Å²) in [6.07, 6.45) is 2.47. The number of hydrogen-bond acceptors (Lipinski definition) is 3. The summed E-state index contributed by atoms with van der Waals surface area (Å²) in [4.78, 5) is 2.41. The van der Waals surface area contributed by atoms with Gasteiger partial charge in [-0.25, -0.2) is 4.39 Å². The quantitative estimate of drug-likeness (QED) is 0.863. The van der Waals surface area contributed by atoms with Crippen LogP contribution in [-0.4, -0.2) is 44.7 Å². The summed E-state index contributed by atoms with van der Waals surface area (Å²) in [5, 5.41) is 3.57. The van der Waals surface area contributed by atoms with Crippen LogP contribution in [0.1, 0.15) is 12.8 Å². The maximum atomic E-state index is 12.9. The Morgan fingerprint density at radius 3 is 2.71 bits per heavy atom. The van der Waals surface area contributed by atoms with Crippen LogP contribution in [0, 0.1) is 11.7 Å². The second-order valence-corrected chi connectivity index (χ2v) is 5.67. The highest BCUT2D eigenvalue weighted by atomic mass is 35.5. The summed E-state index contributed by atoms with van der Waals surface area (Å²) in [5.41, 5.74) is 0. The lowest BCUT2D eigenvalue weighted by atomic mass is 9.97. The van der Waals surface area contributed by atoms with Gasteiger partial charge in [0.1, 0.15) is 18.2 Å². The fraction of sp³-hybridized carbons (Fsp3) is 0.600. The Balaban J connectivity index is 0.00000220. The van der Waals surface area contributed by atoms with Gasteiger partial charge in [-0.2, -0.15) is 0 Å². The maximum Gasteiger partial charge on any atom is 0.138 e. The zero-order valence-electron chi connectivity index (χ0n) is 12.3. The number of hydrogen-bond donors (Lipinski definition) is 1. The van der Waals surface area contributed by atoms with Gasteiger partial charge in [0.25, 0.3) is 0 Å². The Kier molecular flexibility index (Phi) is 8.34. The summed E-state index contributed by atoms with van der Waals surface area (Å²) < 4.78 is 18.5. The molecule has 21 heavy (non-hydrogen) atoms. The number of benzene rings is 1. The van der Waals surface area contributed by atoms with Crippen molar-refractivity contribution in [1.82, 2.24) is 10.2 Å². The first kappa shape index (κ1) is 18.5. The van der Waals surface area contributed by atoms with Crippen LogP contribution in [0.3, 0.4) is 0 Å². The maximum absolute atomic E-state index is 12.9. The summed E-state index contributed by atoms with van der Waals surface area (Å²) >= 11 is 5.92. The number of likely N-dealkylation sites (tertiary alicyclic amines) is 1. The highest BCUT2D eigenvalue weighted by molar-refractivity contribution is 6.32. The van der Waals surface area contributed by atoms with Crippen molar-refractivity contribution >= 4 is 24.0 Å².